The fraction of sp³-hybridized carbons (Fsp3) is 0.182. The molecule has 0 bridgehead atoms. The molecule has 3 N–H and O–H groups in total. The number of aliphatic hydroxyl groups is 1. The van der Waals surface area contributed by atoms with E-state index in [1.54, 1.807) is 0 Å². The molecule has 4 heteroatoms. The Kier molecular flexibility index (Phi) is 2.86. The van der Waals surface area contributed by atoms with Gasteiger partial charge in [0.2, 0.25) is 0 Å². The van der Waals surface area contributed by atoms with E-state index in [2.05, 4.69) is 4.98 Å². The van der Waals surface area contributed by atoms with Crippen LogP contribution in [0, 0.1) is 0 Å². The molecule has 1 atom stereocenters. The van der Waals surface area contributed by atoms with Crippen LogP contribution in [0.25, 0.3) is 10.9 Å². The Bertz CT molecular complexity index is 487. The van der Waals surface area contributed by atoms with Crippen molar-refractivity contribution in [2.45, 2.75) is 6.04 Å². The van der Waals surface area contributed by atoms with E-state index < -0.39 is 6.04 Å². The number of aliphatic hydroxyl groups excluding tert-OH is 1. The van der Waals surface area contributed by atoms with Crippen LogP contribution in [-0.4, -0.2) is 16.7 Å². The van der Waals surface area contributed by atoms with Crippen molar-refractivity contribution < 1.29 is 5.11 Å². The van der Waals surface area contributed by atoms with Crippen molar-refractivity contribution in [2.24, 2.45) is 5.73 Å². The lowest BCUT2D eigenvalue weighted by atomic mass is 10.1. The van der Waals surface area contributed by atoms with Crippen molar-refractivity contribution >= 4 is 22.5 Å². The van der Waals surface area contributed by atoms with Crippen LogP contribution in [-0.2, 0) is 0 Å². The van der Waals surface area contributed by atoms with E-state index in [1.165, 1.54) is 0 Å². The maximum absolute atomic E-state index is 8.97. The van der Waals surface area contributed by atoms with Crippen molar-refractivity contribution in [3.05, 3.63) is 41.0 Å². The molecule has 0 aliphatic carbocycles. The number of rotatable bonds is 2. The summed E-state index contributed by atoms with van der Waals surface area (Å²) in [4.78, 5) is 4.22. The highest BCUT2D eigenvalue weighted by atomic mass is 35.5. The third kappa shape index (κ3) is 1.95. The van der Waals surface area contributed by atoms with Gasteiger partial charge in [0.05, 0.1) is 18.2 Å². The zero-order valence-electron chi connectivity index (χ0n) is 8.02. The lowest BCUT2D eigenvalue weighted by Crippen LogP contribution is -2.15. The molecule has 0 fully saturated rings. The number of hydrogen-bond donors (Lipinski definition) is 2. The summed E-state index contributed by atoms with van der Waals surface area (Å²) in [5.41, 5.74) is 7.22. The number of benzene rings is 1. The average Bonchev–Trinajstić information content (AvgIpc) is 2.27. The minimum absolute atomic E-state index is 0.139. The Morgan fingerprint density at radius 2 is 2.13 bits per heavy atom. The van der Waals surface area contributed by atoms with Gasteiger partial charge in [0.25, 0.3) is 0 Å². The van der Waals surface area contributed by atoms with Crippen LogP contribution in [0.15, 0.2) is 30.3 Å². The second kappa shape index (κ2) is 4.14. The van der Waals surface area contributed by atoms with Crippen LogP contribution < -0.4 is 5.73 Å². The van der Waals surface area contributed by atoms with E-state index in [0.29, 0.717) is 10.7 Å². The normalized spacial score (nSPS) is 13.0. The van der Waals surface area contributed by atoms with E-state index in [9.17, 15) is 0 Å². The smallest absolute Gasteiger partial charge is 0.134 e. The second-order valence-electron chi connectivity index (χ2n) is 3.35. The summed E-state index contributed by atoms with van der Waals surface area (Å²) in [5, 5.41) is 10.3. The van der Waals surface area contributed by atoms with E-state index in [0.717, 1.165) is 10.9 Å². The van der Waals surface area contributed by atoms with Gasteiger partial charge in [0.15, 0.2) is 0 Å². The summed E-state index contributed by atoms with van der Waals surface area (Å²) in [6.45, 7) is -0.139. The summed E-state index contributed by atoms with van der Waals surface area (Å²) in [6, 6.07) is 9.03. The zero-order chi connectivity index (χ0) is 10.8. The number of halogens is 1. The molecule has 0 aliphatic rings. The number of pyridine rings is 1. The molecule has 0 radical (unpaired) electrons. The van der Waals surface area contributed by atoms with Gasteiger partial charge in [-0.2, -0.15) is 0 Å². The summed E-state index contributed by atoms with van der Waals surface area (Å²) >= 11 is 5.97. The molecular weight excluding hydrogens is 212 g/mol. The molecule has 1 aromatic carbocycles. The molecular formula is C11H11ClN2O. The fourth-order valence-corrected chi connectivity index (χ4v) is 1.75. The van der Waals surface area contributed by atoms with Gasteiger partial charge in [-0.3, -0.25) is 0 Å². The molecule has 0 saturated carbocycles. The molecule has 2 rings (SSSR count). The summed E-state index contributed by atoms with van der Waals surface area (Å²) in [6.07, 6.45) is 0. The van der Waals surface area contributed by atoms with Crippen LogP contribution in [0.4, 0.5) is 0 Å². The van der Waals surface area contributed by atoms with Crippen molar-refractivity contribution in [1.29, 1.82) is 0 Å². The summed E-state index contributed by atoms with van der Waals surface area (Å²) < 4.78 is 0. The van der Waals surface area contributed by atoms with Crippen LogP contribution >= 0.6 is 11.6 Å². The molecule has 2 aromatic rings. The highest BCUT2D eigenvalue weighted by Crippen LogP contribution is 2.24. The van der Waals surface area contributed by atoms with Gasteiger partial charge in [-0.1, -0.05) is 29.8 Å². The lowest BCUT2D eigenvalue weighted by molar-refractivity contribution is 0.268. The topological polar surface area (TPSA) is 59.1 Å². The Hall–Kier alpha value is -1.16. The van der Waals surface area contributed by atoms with Crippen LogP contribution in [0.2, 0.25) is 5.15 Å². The van der Waals surface area contributed by atoms with Gasteiger partial charge in [0.1, 0.15) is 5.15 Å². The Balaban J connectivity index is 2.61. The molecule has 3 nitrogen and oxygen atoms in total. The van der Waals surface area contributed by atoms with Crippen molar-refractivity contribution in [3.63, 3.8) is 0 Å². The maximum Gasteiger partial charge on any atom is 0.134 e. The molecule has 0 saturated heterocycles. The lowest BCUT2D eigenvalue weighted by Gasteiger charge is -2.10. The van der Waals surface area contributed by atoms with E-state index in [4.69, 9.17) is 22.4 Å². The monoisotopic (exact) mass is 222 g/mol. The van der Waals surface area contributed by atoms with Gasteiger partial charge in [-0.05, 0) is 12.1 Å². The van der Waals surface area contributed by atoms with Crippen LogP contribution in [0.1, 0.15) is 11.6 Å². The molecule has 0 amide bonds. The Morgan fingerprint density at radius 1 is 1.40 bits per heavy atom. The van der Waals surface area contributed by atoms with Crippen molar-refractivity contribution in [3.8, 4) is 0 Å². The van der Waals surface area contributed by atoms with Gasteiger partial charge in [-0.15, -0.1) is 0 Å². The summed E-state index contributed by atoms with van der Waals surface area (Å²) in [7, 11) is 0. The number of para-hydroxylation sites is 1. The van der Waals surface area contributed by atoms with E-state index >= 15 is 0 Å². The van der Waals surface area contributed by atoms with Crippen LogP contribution in [0.5, 0.6) is 0 Å². The zero-order valence-corrected chi connectivity index (χ0v) is 8.78. The standard InChI is InChI=1S/C11H11ClN2O/c12-11-8(9(13)6-15)5-7-3-1-2-4-10(7)14-11/h1-5,9,15H,6,13H2/t9-/m0/s1. The minimum Gasteiger partial charge on any atom is -0.394 e. The van der Waals surface area contributed by atoms with Gasteiger partial charge >= 0.3 is 0 Å². The first kappa shape index (κ1) is 10.4. The Morgan fingerprint density at radius 3 is 2.87 bits per heavy atom. The average molecular weight is 223 g/mol. The third-order valence-electron chi connectivity index (χ3n) is 2.30. The van der Waals surface area contributed by atoms with Crippen molar-refractivity contribution in [2.75, 3.05) is 6.61 Å². The predicted octanol–water partition coefficient (Wildman–Crippen LogP) is 1.88. The maximum atomic E-state index is 8.97. The molecule has 0 aliphatic heterocycles. The number of aromatic nitrogens is 1. The third-order valence-corrected chi connectivity index (χ3v) is 2.60. The number of nitrogens with two attached hydrogens (primary N) is 1. The molecule has 1 aromatic heterocycles. The van der Waals surface area contributed by atoms with Gasteiger partial charge in [0, 0.05) is 10.9 Å². The quantitative estimate of drug-likeness (QED) is 0.763. The predicted molar refractivity (Wildman–Crippen MR) is 60.8 cm³/mol. The number of hydrogen-bond acceptors (Lipinski definition) is 3. The molecule has 1 heterocycles. The minimum atomic E-state index is -0.477. The highest BCUT2D eigenvalue weighted by Gasteiger charge is 2.11. The Labute approximate surface area is 92.5 Å². The number of nitrogens with zero attached hydrogens (tertiary/aromatic N) is 1. The first-order valence-corrected chi connectivity index (χ1v) is 5.02. The molecule has 0 spiro atoms. The van der Waals surface area contributed by atoms with Crippen LogP contribution in [0.3, 0.4) is 0 Å². The first-order chi connectivity index (χ1) is 7.22. The van der Waals surface area contributed by atoms with Gasteiger partial charge < -0.3 is 10.8 Å². The molecule has 0 unspecified atom stereocenters. The number of fused-ring (bicyclic) bond motifs is 1. The largest absolute Gasteiger partial charge is 0.394 e. The molecule has 15 heavy (non-hydrogen) atoms. The first-order valence-electron chi connectivity index (χ1n) is 4.64. The SMILES string of the molecule is N[C@@H](CO)c1cc2ccccc2nc1Cl. The second-order valence-corrected chi connectivity index (χ2v) is 3.71. The summed E-state index contributed by atoms with van der Waals surface area (Å²) in [5.74, 6) is 0. The van der Waals surface area contributed by atoms with E-state index in [-0.39, 0.29) is 6.61 Å². The van der Waals surface area contributed by atoms with Crippen molar-refractivity contribution in [1.82, 2.24) is 4.98 Å². The fourth-order valence-electron chi connectivity index (χ4n) is 1.47. The molecule has 78 valence electrons. The highest BCUT2D eigenvalue weighted by molar-refractivity contribution is 6.30. The van der Waals surface area contributed by atoms with E-state index in [1.807, 2.05) is 30.3 Å². The van der Waals surface area contributed by atoms with Gasteiger partial charge in [-0.25, -0.2) is 4.98 Å².